The molecule has 0 saturated carbocycles. The molecule has 0 amide bonds. The summed E-state index contributed by atoms with van der Waals surface area (Å²) in [6.45, 7) is 0.372. The molecule has 0 spiro atoms. The van der Waals surface area contributed by atoms with Crippen molar-refractivity contribution in [2.24, 2.45) is 0 Å². The molecule has 2 rings (SSSR count). The van der Waals surface area contributed by atoms with E-state index < -0.39 is 17.1 Å². The largest absolute Gasteiger partial charge is 0.488 e. The molecule has 0 bridgehead atoms. The maximum Gasteiger partial charge on any atom is 0.488 e. The van der Waals surface area contributed by atoms with Gasteiger partial charge in [-0.25, -0.2) is 12.7 Å². The van der Waals surface area contributed by atoms with Gasteiger partial charge in [-0.2, -0.15) is 0 Å². The lowest BCUT2D eigenvalue weighted by molar-refractivity contribution is 0.425. The molecule has 0 atom stereocenters. The normalized spacial score (nSPS) is 11.6. The van der Waals surface area contributed by atoms with Gasteiger partial charge in [-0.1, -0.05) is 42.5 Å². The van der Waals surface area contributed by atoms with Crippen LogP contribution in [0.15, 0.2) is 59.5 Å². The molecule has 7 heteroatoms. The summed E-state index contributed by atoms with van der Waals surface area (Å²) in [6.07, 6.45) is 0.629. The Morgan fingerprint density at radius 3 is 2.14 bits per heavy atom. The van der Waals surface area contributed by atoms with E-state index in [-0.39, 0.29) is 10.4 Å². The molecular weight excluding hydrogens is 301 g/mol. The smallest absolute Gasteiger partial charge is 0.423 e. The molecule has 0 aliphatic carbocycles. The molecule has 116 valence electrons. The average molecular weight is 319 g/mol. The van der Waals surface area contributed by atoms with Crippen molar-refractivity contribution in [3.05, 3.63) is 60.2 Å². The summed E-state index contributed by atoms with van der Waals surface area (Å²) in [5.74, 6) is 0. The summed E-state index contributed by atoms with van der Waals surface area (Å²) in [5, 5.41) is 18.1. The van der Waals surface area contributed by atoms with Crippen LogP contribution in [-0.2, 0) is 16.4 Å². The summed E-state index contributed by atoms with van der Waals surface area (Å²) in [7, 11) is -3.65. The molecule has 0 aliphatic rings. The molecule has 0 heterocycles. The van der Waals surface area contributed by atoms with Gasteiger partial charge in [0, 0.05) is 13.6 Å². The predicted molar refractivity (Wildman–Crippen MR) is 86.2 cm³/mol. The van der Waals surface area contributed by atoms with Gasteiger partial charge in [-0.3, -0.25) is 0 Å². The van der Waals surface area contributed by atoms with Gasteiger partial charge in [0.15, 0.2) is 0 Å². The van der Waals surface area contributed by atoms with Crippen LogP contribution in [0.5, 0.6) is 0 Å². The van der Waals surface area contributed by atoms with E-state index in [9.17, 15) is 8.42 Å². The Hall–Kier alpha value is -1.67. The number of sulfonamides is 1. The number of likely N-dealkylation sites (N-methyl/N-ethyl adjacent to an activating group) is 1. The van der Waals surface area contributed by atoms with E-state index in [0.717, 1.165) is 5.56 Å². The van der Waals surface area contributed by atoms with Crippen molar-refractivity contribution in [3.63, 3.8) is 0 Å². The van der Waals surface area contributed by atoms with Gasteiger partial charge in [0.2, 0.25) is 10.0 Å². The van der Waals surface area contributed by atoms with E-state index in [1.54, 1.807) is 0 Å². The molecular formula is C15H18BNO4S. The third-order valence-electron chi connectivity index (χ3n) is 3.44. The lowest BCUT2D eigenvalue weighted by Gasteiger charge is -2.17. The van der Waals surface area contributed by atoms with E-state index in [0.29, 0.717) is 13.0 Å². The SMILES string of the molecule is CN(CCc1ccccc1)S(=O)(=O)c1ccc(B(O)O)cc1. The van der Waals surface area contributed by atoms with Crippen LogP contribution in [0.4, 0.5) is 0 Å². The second-order valence-electron chi connectivity index (χ2n) is 5.00. The van der Waals surface area contributed by atoms with Gasteiger partial charge in [0.05, 0.1) is 4.90 Å². The first kappa shape index (κ1) is 16.7. The first-order valence-corrected chi connectivity index (χ1v) is 8.31. The minimum absolute atomic E-state index is 0.132. The molecule has 0 aliphatic heterocycles. The molecule has 0 fully saturated rings. The fourth-order valence-corrected chi connectivity index (χ4v) is 3.21. The number of hydrogen-bond donors (Lipinski definition) is 2. The molecule has 2 aromatic carbocycles. The van der Waals surface area contributed by atoms with Crippen molar-refractivity contribution in [1.82, 2.24) is 4.31 Å². The highest BCUT2D eigenvalue weighted by Crippen LogP contribution is 2.13. The van der Waals surface area contributed by atoms with Crippen LogP contribution in [0.1, 0.15) is 5.56 Å². The monoisotopic (exact) mass is 319 g/mol. The lowest BCUT2D eigenvalue weighted by Crippen LogP contribution is -2.31. The number of benzene rings is 2. The molecule has 0 unspecified atom stereocenters. The van der Waals surface area contributed by atoms with Crippen LogP contribution in [0.3, 0.4) is 0 Å². The van der Waals surface area contributed by atoms with Crippen molar-refractivity contribution < 1.29 is 18.5 Å². The summed E-state index contributed by atoms with van der Waals surface area (Å²) in [4.78, 5) is 0.132. The Morgan fingerprint density at radius 2 is 1.59 bits per heavy atom. The Labute approximate surface area is 131 Å². The number of rotatable bonds is 6. The molecule has 0 radical (unpaired) electrons. The number of hydrogen-bond acceptors (Lipinski definition) is 4. The minimum atomic E-state index is -3.58. The Balaban J connectivity index is 2.08. The molecule has 0 saturated heterocycles. The third-order valence-corrected chi connectivity index (χ3v) is 5.32. The quantitative estimate of drug-likeness (QED) is 0.747. The third kappa shape index (κ3) is 3.95. The zero-order chi connectivity index (χ0) is 16.2. The zero-order valence-corrected chi connectivity index (χ0v) is 13.1. The predicted octanol–water partition coefficient (Wildman–Crippen LogP) is 0.230. The van der Waals surface area contributed by atoms with E-state index in [2.05, 4.69) is 0 Å². The minimum Gasteiger partial charge on any atom is -0.423 e. The fraction of sp³-hybridized carbons (Fsp3) is 0.200. The van der Waals surface area contributed by atoms with Gasteiger partial charge in [0.1, 0.15) is 0 Å². The highest BCUT2D eigenvalue weighted by atomic mass is 32.2. The van der Waals surface area contributed by atoms with Crippen molar-refractivity contribution >= 4 is 22.6 Å². The summed E-state index contributed by atoms with van der Waals surface area (Å²) >= 11 is 0. The summed E-state index contributed by atoms with van der Waals surface area (Å²) in [6, 6.07) is 15.2. The van der Waals surface area contributed by atoms with E-state index in [4.69, 9.17) is 10.0 Å². The Bertz CT molecular complexity index is 702. The fourth-order valence-electron chi connectivity index (χ4n) is 2.04. The van der Waals surface area contributed by atoms with E-state index in [1.165, 1.54) is 35.6 Å². The zero-order valence-electron chi connectivity index (χ0n) is 12.3. The molecule has 5 nitrogen and oxygen atoms in total. The molecule has 22 heavy (non-hydrogen) atoms. The average Bonchev–Trinajstić information content (AvgIpc) is 2.53. The van der Waals surface area contributed by atoms with Crippen molar-refractivity contribution in [2.45, 2.75) is 11.3 Å². The number of nitrogens with zero attached hydrogens (tertiary/aromatic N) is 1. The standard InChI is InChI=1S/C15H18BNO4S/c1-17(12-11-13-5-3-2-4-6-13)22(20,21)15-9-7-14(8-10-15)16(18)19/h2-10,18-19H,11-12H2,1H3. The van der Waals surface area contributed by atoms with Crippen LogP contribution >= 0.6 is 0 Å². The van der Waals surface area contributed by atoms with Crippen LogP contribution in [-0.4, -0.2) is 43.5 Å². The van der Waals surface area contributed by atoms with Crippen molar-refractivity contribution in [1.29, 1.82) is 0 Å². The Kier molecular flexibility index (Phi) is 5.36. The van der Waals surface area contributed by atoms with Gasteiger partial charge in [0.25, 0.3) is 0 Å². The second kappa shape index (κ2) is 7.06. The molecule has 0 aromatic heterocycles. The maximum absolute atomic E-state index is 12.4. The lowest BCUT2D eigenvalue weighted by atomic mass is 9.81. The van der Waals surface area contributed by atoms with Gasteiger partial charge in [-0.05, 0) is 29.6 Å². The van der Waals surface area contributed by atoms with Crippen LogP contribution < -0.4 is 5.46 Å². The van der Waals surface area contributed by atoms with E-state index >= 15 is 0 Å². The van der Waals surface area contributed by atoms with Crippen LogP contribution in [0.25, 0.3) is 0 Å². The highest BCUT2D eigenvalue weighted by Gasteiger charge is 2.21. The summed E-state index contributed by atoms with van der Waals surface area (Å²) in [5.41, 5.74) is 1.33. The van der Waals surface area contributed by atoms with Gasteiger partial charge in [-0.15, -0.1) is 0 Å². The van der Waals surface area contributed by atoms with E-state index in [1.807, 2.05) is 30.3 Å². The van der Waals surface area contributed by atoms with Crippen LogP contribution in [0, 0.1) is 0 Å². The summed E-state index contributed by atoms with van der Waals surface area (Å²) < 4.78 is 26.2. The van der Waals surface area contributed by atoms with Crippen molar-refractivity contribution in [2.75, 3.05) is 13.6 Å². The Morgan fingerprint density at radius 1 is 1.00 bits per heavy atom. The maximum atomic E-state index is 12.4. The highest BCUT2D eigenvalue weighted by molar-refractivity contribution is 7.89. The van der Waals surface area contributed by atoms with Gasteiger partial charge < -0.3 is 10.0 Å². The molecule has 2 aromatic rings. The van der Waals surface area contributed by atoms with Crippen molar-refractivity contribution in [3.8, 4) is 0 Å². The second-order valence-corrected chi connectivity index (χ2v) is 7.05. The first-order valence-electron chi connectivity index (χ1n) is 6.87. The van der Waals surface area contributed by atoms with Crippen LogP contribution in [0.2, 0.25) is 0 Å². The van der Waals surface area contributed by atoms with Gasteiger partial charge >= 0.3 is 7.12 Å². The topological polar surface area (TPSA) is 77.8 Å². The molecule has 2 N–H and O–H groups in total. The first-order chi connectivity index (χ1) is 10.4.